The van der Waals surface area contributed by atoms with Gasteiger partial charge in [-0.05, 0) is 30.9 Å². The second kappa shape index (κ2) is 6.68. The molecule has 0 spiro atoms. The average molecular weight is 262 g/mol. The van der Waals surface area contributed by atoms with Crippen molar-refractivity contribution < 1.29 is 9.53 Å². The number of hydrogen-bond donors (Lipinski definition) is 2. The summed E-state index contributed by atoms with van der Waals surface area (Å²) in [4.78, 5) is 11.8. The maximum Gasteiger partial charge on any atom is 0.237 e. The molecule has 0 heterocycles. The number of nitrogens with one attached hydrogen (secondary N) is 2. The summed E-state index contributed by atoms with van der Waals surface area (Å²) >= 11 is 0. The van der Waals surface area contributed by atoms with Crippen LogP contribution in [0.2, 0.25) is 0 Å². The Labute approximate surface area is 114 Å². The minimum atomic E-state index is -0.160. The van der Waals surface area contributed by atoms with Crippen LogP contribution in [0, 0.1) is 0 Å². The molecule has 1 fully saturated rings. The van der Waals surface area contributed by atoms with Gasteiger partial charge in [0.05, 0.1) is 12.6 Å². The molecular weight excluding hydrogens is 240 g/mol. The van der Waals surface area contributed by atoms with E-state index >= 15 is 0 Å². The van der Waals surface area contributed by atoms with Gasteiger partial charge in [0.2, 0.25) is 5.91 Å². The number of rotatable bonds is 7. The zero-order valence-corrected chi connectivity index (χ0v) is 11.6. The normalized spacial score (nSPS) is 16.1. The highest BCUT2D eigenvalue weighted by Gasteiger charge is 2.25. The molecule has 1 aliphatic carbocycles. The summed E-state index contributed by atoms with van der Waals surface area (Å²) in [6.07, 6.45) is 2.25. The molecule has 4 nitrogen and oxygen atoms in total. The molecule has 0 saturated heterocycles. The molecule has 1 aromatic carbocycles. The van der Waals surface area contributed by atoms with E-state index in [1.54, 1.807) is 7.11 Å². The maximum absolute atomic E-state index is 11.8. The molecule has 19 heavy (non-hydrogen) atoms. The molecular formula is C15H22N2O2. The highest BCUT2D eigenvalue weighted by Crippen LogP contribution is 2.18. The molecule has 1 aromatic rings. The fourth-order valence-electron chi connectivity index (χ4n) is 1.91. The first-order valence-electron chi connectivity index (χ1n) is 6.79. The lowest BCUT2D eigenvalue weighted by Gasteiger charge is -2.14. The Balaban J connectivity index is 1.79. The fraction of sp³-hybridized carbons (Fsp3) is 0.533. The number of hydrogen-bond acceptors (Lipinski definition) is 3. The van der Waals surface area contributed by atoms with Crippen LogP contribution in [0.5, 0.6) is 0 Å². The van der Waals surface area contributed by atoms with Crippen LogP contribution in [-0.2, 0) is 22.7 Å². The van der Waals surface area contributed by atoms with Gasteiger partial charge >= 0.3 is 0 Å². The van der Waals surface area contributed by atoms with Gasteiger partial charge in [0.15, 0.2) is 0 Å². The van der Waals surface area contributed by atoms with Crippen molar-refractivity contribution in [2.24, 2.45) is 0 Å². The van der Waals surface area contributed by atoms with Crippen LogP contribution < -0.4 is 10.6 Å². The topological polar surface area (TPSA) is 50.4 Å². The predicted octanol–water partition coefficient (Wildman–Crippen LogP) is 1.59. The van der Waals surface area contributed by atoms with Crippen LogP contribution in [0.3, 0.4) is 0 Å². The summed E-state index contributed by atoms with van der Waals surface area (Å²) in [5, 5.41) is 6.25. The van der Waals surface area contributed by atoms with Crippen LogP contribution in [0.1, 0.15) is 30.9 Å². The Morgan fingerprint density at radius 1 is 1.42 bits per heavy atom. The van der Waals surface area contributed by atoms with Gasteiger partial charge in [-0.3, -0.25) is 4.79 Å². The molecule has 1 aliphatic rings. The van der Waals surface area contributed by atoms with Crippen molar-refractivity contribution in [1.82, 2.24) is 10.6 Å². The van der Waals surface area contributed by atoms with E-state index in [0.29, 0.717) is 19.2 Å². The lowest BCUT2D eigenvalue weighted by atomic mass is 10.1. The van der Waals surface area contributed by atoms with Gasteiger partial charge in [-0.2, -0.15) is 0 Å². The van der Waals surface area contributed by atoms with Crippen LogP contribution in [0.4, 0.5) is 0 Å². The van der Waals surface area contributed by atoms with E-state index in [1.165, 1.54) is 5.56 Å². The standard InChI is InChI=1S/C15H22N2O2/c1-11(15(18)17-14-6-7-14)16-9-12-4-3-5-13(8-12)10-19-2/h3-5,8,11,14,16H,6-7,9-10H2,1-2H3,(H,17,18). The Morgan fingerprint density at radius 2 is 2.16 bits per heavy atom. The van der Waals surface area contributed by atoms with Gasteiger partial charge in [-0.25, -0.2) is 0 Å². The van der Waals surface area contributed by atoms with E-state index in [4.69, 9.17) is 4.74 Å². The molecule has 1 atom stereocenters. The number of carbonyl (C=O) groups excluding carboxylic acids is 1. The quantitative estimate of drug-likeness (QED) is 0.784. The molecule has 0 bridgehead atoms. The first-order chi connectivity index (χ1) is 9.19. The third-order valence-corrected chi connectivity index (χ3v) is 3.23. The van der Waals surface area contributed by atoms with Crippen molar-refractivity contribution in [2.45, 2.75) is 45.0 Å². The lowest BCUT2D eigenvalue weighted by Crippen LogP contribution is -2.42. The van der Waals surface area contributed by atoms with Crippen molar-refractivity contribution in [1.29, 1.82) is 0 Å². The molecule has 2 N–H and O–H groups in total. The largest absolute Gasteiger partial charge is 0.380 e. The van der Waals surface area contributed by atoms with Gasteiger partial charge in [-0.15, -0.1) is 0 Å². The number of amides is 1. The molecule has 4 heteroatoms. The summed E-state index contributed by atoms with van der Waals surface area (Å²) in [5.41, 5.74) is 2.32. The summed E-state index contributed by atoms with van der Waals surface area (Å²) < 4.78 is 5.11. The van der Waals surface area contributed by atoms with Gasteiger partial charge < -0.3 is 15.4 Å². The number of carbonyl (C=O) groups is 1. The first-order valence-corrected chi connectivity index (χ1v) is 6.79. The second-order valence-corrected chi connectivity index (χ2v) is 5.14. The van der Waals surface area contributed by atoms with Crippen molar-refractivity contribution in [3.05, 3.63) is 35.4 Å². The molecule has 1 amide bonds. The number of ether oxygens (including phenoxy) is 1. The molecule has 1 unspecified atom stereocenters. The highest BCUT2D eigenvalue weighted by molar-refractivity contribution is 5.81. The van der Waals surface area contributed by atoms with Crippen LogP contribution in [0.15, 0.2) is 24.3 Å². The van der Waals surface area contributed by atoms with E-state index in [9.17, 15) is 4.79 Å². The van der Waals surface area contributed by atoms with Crippen molar-refractivity contribution in [3.63, 3.8) is 0 Å². The SMILES string of the molecule is COCc1cccc(CNC(C)C(=O)NC2CC2)c1. The van der Waals surface area contributed by atoms with E-state index in [0.717, 1.165) is 18.4 Å². The van der Waals surface area contributed by atoms with Gasteiger partial charge in [-0.1, -0.05) is 24.3 Å². The van der Waals surface area contributed by atoms with E-state index in [2.05, 4.69) is 22.8 Å². The van der Waals surface area contributed by atoms with Gasteiger partial charge in [0, 0.05) is 19.7 Å². The van der Waals surface area contributed by atoms with Crippen LogP contribution >= 0.6 is 0 Å². The summed E-state index contributed by atoms with van der Waals surface area (Å²) in [6.45, 7) is 3.21. The van der Waals surface area contributed by atoms with Gasteiger partial charge in [0.25, 0.3) is 0 Å². The average Bonchev–Trinajstić information content (AvgIpc) is 3.20. The predicted molar refractivity (Wildman–Crippen MR) is 74.6 cm³/mol. The number of benzene rings is 1. The Kier molecular flexibility index (Phi) is 4.93. The minimum Gasteiger partial charge on any atom is -0.380 e. The van der Waals surface area contributed by atoms with Crippen LogP contribution in [0.25, 0.3) is 0 Å². The fourth-order valence-corrected chi connectivity index (χ4v) is 1.91. The first kappa shape index (κ1) is 14.0. The Morgan fingerprint density at radius 3 is 2.84 bits per heavy atom. The summed E-state index contributed by atoms with van der Waals surface area (Å²) in [5.74, 6) is 0.0931. The Bertz CT molecular complexity index is 430. The van der Waals surface area contributed by atoms with Crippen LogP contribution in [-0.4, -0.2) is 25.1 Å². The summed E-state index contributed by atoms with van der Waals surface area (Å²) in [7, 11) is 1.69. The molecule has 0 radical (unpaired) electrons. The Hall–Kier alpha value is -1.39. The third kappa shape index (κ3) is 4.65. The van der Waals surface area contributed by atoms with E-state index in [-0.39, 0.29) is 11.9 Å². The van der Waals surface area contributed by atoms with Crippen molar-refractivity contribution in [3.8, 4) is 0 Å². The molecule has 0 aliphatic heterocycles. The monoisotopic (exact) mass is 262 g/mol. The molecule has 104 valence electrons. The third-order valence-electron chi connectivity index (χ3n) is 3.23. The zero-order valence-electron chi connectivity index (χ0n) is 11.6. The van der Waals surface area contributed by atoms with Gasteiger partial charge in [0.1, 0.15) is 0 Å². The number of methoxy groups -OCH3 is 1. The highest BCUT2D eigenvalue weighted by atomic mass is 16.5. The molecule has 1 saturated carbocycles. The van der Waals surface area contributed by atoms with Crippen molar-refractivity contribution in [2.75, 3.05) is 7.11 Å². The second-order valence-electron chi connectivity index (χ2n) is 5.14. The molecule has 0 aromatic heterocycles. The van der Waals surface area contributed by atoms with Crippen molar-refractivity contribution >= 4 is 5.91 Å². The molecule has 2 rings (SSSR count). The minimum absolute atomic E-state index is 0.0931. The van der Waals surface area contributed by atoms with E-state index in [1.807, 2.05) is 19.1 Å². The maximum atomic E-state index is 11.8. The lowest BCUT2D eigenvalue weighted by molar-refractivity contribution is -0.122. The van der Waals surface area contributed by atoms with E-state index < -0.39 is 0 Å². The summed E-state index contributed by atoms with van der Waals surface area (Å²) in [6, 6.07) is 8.46. The zero-order chi connectivity index (χ0) is 13.7. The smallest absolute Gasteiger partial charge is 0.237 e.